The molecule has 0 bridgehead atoms. The molecule has 9 N–H and O–H groups in total. The molecule has 0 atom stereocenters. The lowest BCUT2D eigenvalue weighted by molar-refractivity contribution is 0.329. The number of phenolic OH excluding ortho intramolecular Hbond substituents is 9. The van der Waals surface area contributed by atoms with E-state index in [2.05, 4.69) is 6.07 Å². The summed E-state index contributed by atoms with van der Waals surface area (Å²) < 4.78 is 6.49. The van der Waals surface area contributed by atoms with Gasteiger partial charge in [-0.05, 0) is 56.3 Å². The lowest BCUT2D eigenvalue weighted by atomic mass is 9.84. The van der Waals surface area contributed by atoms with Crippen LogP contribution in [-0.2, 0) is 0 Å². The van der Waals surface area contributed by atoms with Gasteiger partial charge in [-0.15, -0.1) is 0 Å². The molecule has 0 spiro atoms. The lowest BCUT2D eigenvalue weighted by Gasteiger charge is -2.21. The fraction of sp³-hybridized carbons (Fsp3) is 0. The van der Waals surface area contributed by atoms with Crippen molar-refractivity contribution in [2.75, 3.05) is 0 Å². The standard InChI is InChI=1S/C42H26O10/c43-33-30(34(44)36(46)31(35(33)45)32-37(47)39(49)41(51)40(50)38(32)48)29-24-11-5-3-9-22(24)28(23-10-4-6-12-25(23)29)19-14-15-21-26-16-13-18-7-1-2-8-20(18)42(26)52-27(21)17-19/h1-17,43-51H. The third-order valence-electron chi connectivity index (χ3n) is 9.85. The van der Waals surface area contributed by atoms with Crippen LogP contribution in [0.5, 0.6) is 51.7 Å². The van der Waals surface area contributed by atoms with Gasteiger partial charge in [-0.1, -0.05) is 84.9 Å². The van der Waals surface area contributed by atoms with Crippen molar-refractivity contribution in [3.8, 4) is 85.1 Å². The molecule has 9 aromatic rings. The summed E-state index contributed by atoms with van der Waals surface area (Å²) in [7, 11) is 0. The highest BCUT2D eigenvalue weighted by Crippen LogP contribution is 2.63. The van der Waals surface area contributed by atoms with E-state index in [1.54, 1.807) is 24.3 Å². The summed E-state index contributed by atoms with van der Waals surface area (Å²) in [5, 5.41) is 103. The second kappa shape index (κ2) is 10.8. The van der Waals surface area contributed by atoms with Crippen LogP contribution in [0.25, 0.3) is 87.6 Å². The first-order valence-electron chi connectivity index (χ1n) is 16.1. The number of fused-ring (bicyclic) bond motifs is 7. The van der Waals surface area contributed by atoms with Gasteiger partial charge in [-0.25, -0.2) is 0 Å². The highest BCUT2D eigenvalue weighted by molar-refractivity contribution is 6.24. The second-order valence-corrected chi connectivity index (χ2v) is 12.6. The first-order chi connectivity index (χ1) is 25.1. The topological polar surface area (TPSA) is 195 Å². The number of hydrogen-bond acceptors (Lipinski definition) is 10. The number of benzene rings is 8. The van der Waals surface area contributed by atoms with Crippen LogP contribution in [0.4, 0.5) is 0 Å². The van der Waals surface area contributed by atoms with Gasteiger partial charge >= 0.3 is 0 Å². The van der Waals surface area contributed by atoms with E-state index in [-0.39, 0.29) is 11.1 Å². The van der Waals surface area contributed by atoms with Crippen molar-refractivity contribution in [2.45, 2.75) is 0 Å². The molecule has 9 rings (SSSR count). The largest absolute Gasteiger partial charge is 0.504 e. The van der Waals surface area contributed by atoms with Gasteiger partial charge in [0.05, 0.1) is 16.7 Å². The molecule has 0 unspecified atom stereocenters. The van der Waals surface area contributed by atoms with Crippen LogP contribution >= 0.6 is 0 Å². The summed E-state index contributed by atoms with van der Waals surface area (Å²) in [5.74, 6) is -10.5. The molecule has 0 aliphatic heterocycles. The van der Waals surface area contributed by atoms with Crippen molar-refractivity contribution in [1.82, 2.24) is 0 Å². The van der Waals surface area contributed by atoms with Crippen LogP contribution < -0.4 is 0 Å². The highest BCUT2D eigenvalue weighted by Gasteiger charge is 2.34. The van der Waals surface area contributed by atoms with Crippen LogP contribution in [-0.4, -0.2) is 46.0 Å². The Morgan fingerprint density at radius 2 is 0.712 bits per heavy atom. The summed E-state index contributed by atoms with van der Waals surface area (Å²) in [5.41, 5.74) is 1.09. The summed E-state index contributed by atoms with van der Waals surface area (Å²) in [6.45, 7) is 0. The van der Waals surface area contributed by atoms with Gasteiger partial charge in [0, 0.05) is 21.7 Å². The minimum atomic E-state index is -1.28. The van der Waals surface area contributed by atoms with E-state index in [4.69, 9.17) is 4.42 Å². The normalized spacial score (nSPS) is 11.8. The van der Waals surface area contributed by atoms with Crippen LogP contribution in [0, 0.1) is 0 Å². The molecule has 0 aliphatic rings. The molecule has 0 radical (unpaired) electrons. The SMILES string of the molecule is Oc1c(O)c(O)c(-c2c(O)c(O)c(-c3c4ccccc4c(-c4ccc5c(c4)oc4c6ccccc6ccc54)c4ccccc34)c(O)c2O)c(O)c1O. The third-order valence-corrected chi connectivity index (χ3v) is 9.85. The lowest BCUT2D eigenvalue weighted by Crippen LogP contribution is -1.94. The Kier molecular flexibility index (Phi) is 6.33. The van der Waals surface area contributed by atoms with E-state index in [1.807, 2.05) is 72.8 Å². The number of phenols is 9. The molecule has 0 saturated heterocycles. The number of rotatable bonds is 3. The van der Waals surface area contributed by atoms with Crippen molar-refractivity contribution in [2.24, 2.45) is 0 Å². The molecule has 0 saturated carbocycles. The molecule has 1 heterocycles. The molecule has 10 nitrogen and oxygen atoms in total. The maximum Gasteiger partial charge on any atom is 0.208 e. The Labute approximate surface area is 292 Å². The van der Waals surface area contributed by atoms with Crippen LogP contribution in [0.3, 0.4) is 0 Å². The van der Waals surface area contributed by atoms with Crippen molar-refractivity contribution in [3.63, 3.8) is 0 Å². The Bertz CT molecular complexity index is 2900. The van der Waals surface area contributed by atoms with Gasteiger partial charge in [-0.3, -0.25) is 0 Å². The zero-order valence-electron chi connectivity index (χ0n) is 26.7. The average Bonchev–Trinajstić information content (AvgIpc) is 3.55. The second-order valence-electron chi connectivity index (χ2n) is 12.6. The van der Waals surface area contributed by atoms with Gasteiger partial charge in [-0.2, -0.15) is 0 Å². The molecule has 52 heavy (non-hydrogen) atoms. The zero-order chi connectivity index (χ0) is 36.2. The van der Waals surface area contributed by atoms with E-state index in [9.17, 15) is 46.0 Å². The van der Waals surface area contributed by atoms with E-state index in [1.165, 1.54) is 0 Å². The molecular weight excluding hydrogens is 664 g/mol. The third kappa shape index (κ3) is 4.00. The molecule has 0 fully saturated rings. The van der Waals surface area contributed by atoms with E-state index < -0.39 is 62.9 Å². The monoisotopic (exact) mass is 690 g/mol. The Hall–Kier alpha value is -7.46. The van der Waals surface area contributed by atoms with E-state index in [0.717, 1.165) is 38.3 Å². The zero-order valence-corrected chi connectivity index (χ0v) is 26.7. The quantitative estimate of drug-likeness (QED) is 0.0489. The molecule has 1 aromatic heterocycles. The van der Waals surface area contributed by atoms with Gasteiger partial charge in [0.25, 0.3) is 0 Å². The van der Waals surface area contributed by atoms with Crippen LogP contribution in [0.1, 0.15) is 0 Å². The number of hydrogen-bond donors (Lipinski definition) is 9. The highest BCUT2D eigenvalue weighted by atomic mass is 16.4. The van der Waals surface area contributed by atoms with Crippen LogP contribution in [0.15, 0.2) is 108 Å². The maximum atomic E-state index is 11.6. The summed E-state index contributed by atoms with van der Waals surface area (Å²) >= 11 is 0. The van der Waals surface area contributed by atoms with Gasteiger partial charge < -0.3 is 50.4 Å². The van der Waals surface area contributed by atoms with Gasteiger partial charge in [0.2, 0.25) is 17.2 Å². The molecule has 0 aliphatic carbocycles. The van der Waals surface area contributed by atoms with Gasteiger partial charge in [0.15, 0.2) is 34.5 Å². The summed E-state index contributed by atoms with van der Waals surface area (Å²) in [4.78, 5) is 0. The van der Waals surface area contributed by atoms with Crippen molar-refractivity contribution >= 4 is 54.3 Å². The van der Waals surface area contributed by atoms with Crippen molar-refractivity contribution < 1.29 is 50.4 Å². The minimum Gasteiger partial charge on any atom is -0.504 e. The molecule has 254 valence electrons. The maximum absolute atomic E-state index is 11.6. The summed E-state index contributed by atoms with van der Waals surface area (Å²) in [6, 6.07) is 32.6. The Morgan fingerprint density at radius 1 is 0.308 bits per heavy atom. The first-order valence-corrected chi connectivity index (χ1v) is 16.1. The Balaban J connectivity index is 1.33. The molecule has 10 heteroatoms. The average molecular weight is 691 g/mol. The predicted molar refractivity (Wildman–Crippen MR) is 198 cm³/mol. The minimum absolute atomic E-state index is 0.239. The smallest absolute Gasteiger partial charge is 0.208 e. The van der Waals surface area contributed by atoms with Crippen molar-refractivity contribution in [3.05, 3.63) is 103 Å². The molecule has 8 aromatic carbocycles. The van der Waals surface area contributed by atoms with Gasteiger partial charge in [0.1, 0.15) is 11.2 Å². The van der Waals surface area contributed by atoms with Crippen LogP contribution in [0.2, 0.25) is 0 Å². The fourth-order valence-electron chi connectivity index (χ4n) is 7.46. The first kappa shape index (κ1) is 30.6. The Morgan fingerprint density at radius 3 is 1.25 bits per heavy atom. The molecule has 0 amide bonds. The van der Waals surface area contributed by atoms with E-state index in [0.29, 0.717) is 27.1 Å². The van der Waals surface area contributed by atoms with Crippen molar-refractivity contribution in [1.29, 1.82) is 0 Å². The number of aromatic hydroxyl groups is 9. The molecular formula is C42H26O10. The van der Waals surface area contributed by atoms with E-state index >= 15 is 0 Å². The fourth-order valence-corrected chi connectivity index (χ4v) is 7.46. The number of furan rings is 1. The predicted octanol–water partition coefficient (Wildman–Crippen LogP) is 9.40. The summed E-state index contributed by atoms with van der Waals surface area (Å²) in [6.07, 6.45) is 0.